The zero-order valence-electron chi connectivity index (χ0n) is 14.8. The van der Waals surface area contributed by atoms with Gasteiger partial charge in [-0.2, -0.15) is 0 Å². The van der Waals surface area contributed by atoms with Crippen molar-refractivity contribution < 1.29 is 0 Å². The first-order valence-electron chi connectivity index (χ1n) is 9.17. The van der Waals surface area contributed by atoms with Gasteiger partial charge in [-0.25, -0.2) is 4.98 Å². The molecule has 0 atom stereocenters. The van der Waals surface area contributed by atoms with Gasteiger partial charge in [0, 0.05) is 23.3 Å². The van der Waals surface area contributed by atoms with E-state index in [9.17, 15) is 4.79 Å². The lowest BCUT2D eigenvalue weighted by atomic mass is 9.68. The Bertz CT molecular complexity index is 878. The van der Waals surface area contributed by atoms with Crippen LogP contribution in [0.1, 0.15) is 43.7 Å². The standard InChI is InChI=1S/C21H24N2OS/c1-3-13-25-20-22-18-16-10-6-5-9-15(16)14-21(11-7-8-12-21)17(18)19(24)23(20)4-2/h3,5-6,9-10H,1,4,7-8,11-14H2,2H3. The summed E-state index contributed by atoms with van der Waals surface area (Å²) in [7, 11) is 0. The van der Waals surface area contributed by atoms with E-state index >= 15 is 0 Å². The molecule has 1 aromatic carbocycles. The van der Waals surface area contributed by atoms with Crippen LogP contribution in [-0.4, -0.2) is 15.3 Å². The van der Waals surface area contributed by atoms with Crippen LogP contribution in [0.3, 0.4) is 0 Å². The van der Waals surface area contributed by atoms with Crippen molar-refractivity contribution in [2.24, 2.45) is 0 Å². The van der Waals surface area contributed by atoms with Crippen molar-refractivity contribution >= 4 is 11.8 Å². The molecule has 3 nitrogen and oxygen atoms in total. The fraction of sp³-hybridized carbons (Fsp3) is 0.429. The summed E-state index contributed by atoms with van der Waals surface area (Å²) in [6.07, 6.45) is 7.47. The molecule has 0 bridgehead atoms. The Hall–Kier alpha value is -1.81. The highest BCUT2D eigenvalue weighted by molar-refractivity contribution is 7.99. The van der Waals surface area contributed by atoms with Crippen LogP contribution in [0.25, 0.3) is 11.3 Å². The van der Waals surface area contributed by atoms with Crippen molar-refractivity contribution in [3.63, 3.8) is 0 Å². The minimum Gasteiger partial charge on any atom is -0.288 e. The monoisotopic (exact) mass is 352 g/mol. The van der Waals surface area contributed by atoms with E-state index in [4.69, 9.17) is 4.98 Å². The molecule has 2 aliphatic rings. The molecule has 0 amide bonds. The zero-order chi connectivity index (χ0) is 17.4. The summed E-state index contributed by atoms with van der Waals surface area (Å²) in [6, 6.07) is 8.49. The van der Waals surface area contributed by atoms with E-state index in [0.29, 0.717) is 6.54 Å². The molecule has 2 aromatic rings. The maximum atomic E-state index is 13.5. The van der Waals surface area contributed by atoms with Gasteiger partial charge in [-0.05, 0) is 31.7 Å². The van der Waals surface area contributed by atoms with Crippen LogP contribution in [0, 0.1) is 0 Å². The van der Waals surface area contributed by atoms with Crippen LogP contribution in [0.4, 0.5) is 0 Å². The molecule has 2 aliphatic carbocycles. The van der Waals surface area contributed by atoms with Crippen molar-refractivity contribution in [3.8, 4) is 11.3 Å². The van der Waals surface area contributed by atoms with Gasteiger partial charge in [0.15, 0.2) is 5.16 Å². The zero-order valence-corrected chi connectivity index (χ0v) is 15.6. The molecule has 1 saturated carbocycles. The maximum Gasteiger partial charge on any atom is 0.258 e. The lowest BCUT2D eigenvalue weighted by Crippen LogP contribution is -2.40. The molecule has 4 heteroatoms. The molecular weight excluding hydrogens is 328 g/mol. The van der Waals surface area contributed by atoms with Gasteiger partial charge in [0.1, 0.15) is 0 Å². The molecule has 0 aliphatic heterocycles. The summed E-state index contributed by atoms with van der Waals surface area (Å²) in [6.45, 7) is 6.50. The quantitative estimate of drug-likeness (QED) is 0.459. The van der Waals surface area contributed by atoms with Crippen LogP contribution < -0.4 is 5.56 Å². The number of thioether (sulfide) groups is 1. The Balaban J connectivity index is 2.01. The molecule has 25 heavy (non-hydrogen) atoms. The maximum absolute atomic E-state index is 13.5. The first-order chi connectivity index (χ1) is 12.2. The number of hydrogen-bond donors (Lipinski definition) is 0. The predicted molar refractivity (Wildman–Crippen MR) is 104 cm³/mol. The number of nitrogens with zero attached hydrogens (tertiary/aromatic N) is 2. The number of fused-ring (bicyclic) bond motifs is 4. The normalized spacial score (nSPS) is 17.3. The molecule has 0 N–H and O–H groups in total. The Morgan fingerprint density at radius 2 is 2.08 bits per heavy atom. The highest BCUT2D eigenvalue weighted by Crippen LogP contribution is 2.49. The van der Waals surface area contributed by atoms with E-state index in [1.54, 1.807) is 11.8 Å². The average molecular weight is 353 g/mol. The number of hydrogen-bond acceptors (Lipinski definition) is 3. The number of rotatable bonds is 4. The Kier molecular flexibility index (Phi) is 4.32. The van der Waals surface area contributed by atoms with Gasteiger partial charge in [-0.3, -0.25) is 9.36 Å². The van der Waals surface area contributed by atoms with Crippen LogP contribution >= 0.6 is 11.8 Å². The van der Waals surface area contributed by atoms with Crippen molar-refractivity contribution in [2.75, 3.05) is 5.75 Å². The summed E-state index contributed by atoms with van der Waals surface area (Å²) in [5, 5.41) is 0.816. The Morgan fingerprint density at radius 1 is 1.32 bits per heavy atom. The van der Waals surface area contributed by atoms with E-state index in [-0.39, 0.29) is 11.0 Å². The predicted octanol–water partition coefficient (Wildman–Crippen LogP) is 4.58. The van der Waals surface area contributed by atoms with Gasteiger partial charge < -0.3 is 0 Å². The Morgan fingerprint density at radius 3 is 2.80 bits per heavy atom. The second kappa shape index (κ2) is 6.49. The lowest BCUT2D eigenvalue weighted by molar-refractivity contribution is 0.416. The molecule has 130 valence electrons. The third-order valence-corrected chi connectivity index (χ3v) is 6.65. The molecule has 1 fully saturated rings. The molecule has 4 rings (SSSR count). The number of benzene rings is 1. The van der Waals surface area contributed by atoms with Gasteiger partial charge in [-0.1, -0.05) is 54.9 Å². The summed E-state index contributed by atoms with van der Waals surface area (Å²) in [5.74, 6) is 0.762. The minimum atomic E-state index is -0.00762. The second-order valence-corrected chi connectivity index (χ2v) is 8.08. The first-order valence-corrected chi connectivity index (χ1v) is 10.2. The van der Waals surface area contributed by atoms with Crippen LogP contribution in [-0.2, 0) is 18.4 Å². The SMILES string of the molecule is C=CCSc1nc2c(c(=O)n1CC)C1(CCCC1)Cc1ccccc1-2. The molecular formula is C21H24N2OS. The second-order valence-electron chi connectivity index (χ2n) is 7.09. The van der Waals surface area contributed by atoms with Gasteiger partial charge in [0.2, 0.25) is 0 Å². The van der Waals surface area contributed by atoms with E-state index in [2.05, 4.69) is 30.8 Å². The van der Waals surface area contributed by atoms with E-state index in [0.717, 1.165) is 47.0 Å². The van der Waals surface area contributed by atoms with E-state index < -0.39 is 0 Å². The molecule has 1 heterocycles. The smallest absolute Gasteiger partial charge is 0.258 e. The molecule has 0 unspecified atom stereocenters. The molecule has 0 radical (unpaired) electrons. The van der Waals surface area contributed by atoms with E-state index in [1.807, 2.05) is 17.6 Å². The van der Waals surface area contributed by atoms with Gasteiger partial charge >= 0.3 is 0 Å². The molecule has 1 spiro atoms. The van der Waals surface area contributed by atoms with Crippen molar-refractivity contribution in [1.29, 1.82) is 0 Å². The van der Waals surface area contributed by atoms with Crippen LogP contribution in [0.5, 0.6) is 0 Å². The van der Waals surface area contributed by atoms with Crippen molar-refractivity contribution in [1.82, 2.24) is 9.55 Å². The van der Waals surface area contributed by atoms with E-state index in [1.165, 1.54) is 18.4 Å². The number of aromatic nitrogens is 2. The Labute approximate surface area is 153 Å². The van der Waals surface area contributed by atoms with Crippen molar-refractivity contribution in [2.45, 2.75) is 56.1 Å². The average Bonchev–Trinajstić information content (AvgIpc) is 3.08. The lowest BCUT2D eigenvalue weighted by Gasteiger charge is -2.36. The van der Waals surface area contributed by atoms with Crippen molar-refractivity contribution in [3.05, 3.63) is 58.4 Å². The topological polar surface area (TPSA) is 34.9 Å². The van der Waals surface area contributed by atoms with Gasteiger partial charge in [0.25, 0.3) is 5.56 Å². The fourth-order valence-corrected chi connectivity index (χ4v) is 5.36. The van der Waals surface area contributed by atoms with Gasteiger partial charge in [0.05, 0.1) is 11.3 Å². The largest absolute Gasteiger partial charge is 0.288 e. The highest BCUT2D eigenvalue weighted by Gasteiger charge is 2.44. The first kappa shape index (κ1) is 16.6. The minimum absolute atomic E-state index is 0.00762. The third kappa shape index (κ3) is 2.58. The summed E-state index contributed by atoms with van der Waals surface area (Å²) in [4.78, 5) is 18.5. The summed E-state index contributed by atoms with van der Waals surface area (Å²) in [5.41, 5.74) is 4.58. The molecule has 1 aromatic heterocycles. The highest BCUT2D eigenvalue weighted by atomic mass is 32.2. The van der Waals surface area contributed by atoms with Crippen LogP contribution in [0.15, 0.2) is 46.9 Å². The summed E-state index contributed by atoms with van der Waals surface area (Å²) >= 11 is 1.60. The fourth-order valence-electron chi connectivity index (χ4n) is 4.57. The third-order valence-electron chi connectivity index (χ3n) is 5.67. The van der Waals surface area contributed by atoms with Gasteiger partial charge in [-0.15, -0.1) is 6.58 Å². The molecule has 0 saturated heterocycles. The van der Waals surface area contributed by atoms with Crippen LogP contribution in [0.2, 0.25) is 0 Å². The summed E-state index contributed by atoms with van der Waals surface area (Å²) < 4.78 is 1.86.